The molecule has 0 bridgehead atoms. The van der Waals surface area contributed by atoms with E-state index in [1.165, 1.54) is 31.4 Å². The molecule has 0 saturated heterocycles. The van der Waals surface area contributed by atoms with Crippen molar-refractivity contribution in [3.8, 4) is 5.75 Å². The molecule has 1 saturated carbocycles. The predicted molar refractivity (Wildman–Crippen MR) is 88.5 cm³/mol. The maximum absolute atomic E-state index is 14.3. The zero-order valence-electron chi connectivity index (χ0n) is 16.6. The summed E-state index contributed by atoms with van der Waals surface area (Å²) >= 11 is 0. The normalized spacial score (nSPS) is 21.8. The van der Waals surface area contributed by atoms with Crippen LogP contribution in [0.5, 0.6) is 5.75 Å². The number of benzene rings is 1. The highest BCUT2D eigenvalue weighted by Crippen LogP contribution is 2.62. The van der Waals surface area contributed by atoms with Gasteiger partial charge in [-0.05, 0) is 49.3 Å². The van der Waals surface area contributed by atoms with Crippen LogP contribution in [0, 0.1) is 5.92 Å². The van der Waals surface area contributed by atoms with E-state index >= 15 is 0 Å². The van der Waals surface area contributed by atoms with E-state index in [0.717, 1.165) is 0 Å². The lowest BCUT2D eigenvalue weighted by Crippen LogP contribution is -2.71. The van der Waals surface area contributed by atoms with Crippen molar-refractivity contribution in [3.63, 3.8) is 0 Å². The third-order valence-electron chi connectivity index (χ3n) is 5.78. The van der Waals surface area contributed by atoms with Gasteiger partial charge in [-0.3, -0.25) is 0 Å². The molecule has 1 aromatic carbocycles. The van der Waals surface area contributed by atoms with Crippen molar-refractivity contribution < 1.29 is 61.8 Å². The van der Waals surface area contributed by atoms with E-state index in [-0.39, 0.29) is 12.8 Å². The molecule has 0 radical (unpaired) electrons. The van der Waals surface area contributed by atoms with Crippen LogP contribution in [0.3, 0.4) is 0 Å². The molecule has 190 valence electrons. The highest BCUT2D eigenvalue weighted by Gasteiger charge is 2.91. The van der Waals surface area contributed by atoms with Crippen molar-refractivity contribution in [3.05, 3.63) is 29.8 Å². The SMILES string of the molecule is COc1ccc(C2CCC(C(F)(F)C(F)(F)C(F)(F)C(F)(F)C(F)(F)C(F)(F)F)CC2)cc1. The lowest BCUT2D eigenvalue weighted by atomic mass is 9.74. The molecule has 1 aliphatic rings. The minimum Gasteiger partial charge on any atom is -0.497 e. The summed E-state index contributed by atoms with van der Waals surface area (Å²) in [6.07, 6.45) is -9.73. The van der Waals surface area contributed by atoms with Gasteiger partial charge in [0.2, 0.25) is 0 Å². The van der Waals surface area contributed by atoms with Gasteiger partial charge in [0.05, 0.1) is 7.11 Å². The molecule has 0 N–H and O–H groups in total. The average molecular weight is 508 g/mol. The van der Waals surface area contributed by atoms with E-state index < -0.39 is 60.5 Å². The summed E-state index contributed by atoms with van der Waals surface area (Å²) in [7, 11) is 1.37. The minimum absolute atomic E-state index is 0.274. The van der Waals surface area contributed by atoms with Gasteiger partial charge in [-0.25, -0.2) is 0 Å². The molecule has 0 aliphatic heterocycles. The van der Waals surface area contributed by atoms with Crippen molar-refractivity contribution in [2.75, 3.05) is 7.11 Å². The summed E-state index contributed by atoms with van der Waals surface area (Å²) in [5.74, 6) is -39.2. The van der Waals surface area contributed by atoms with Crippen LogP contribution < -0.4 is 4.74 Å². The van der Waals surface area contributed by atoms with Crippen LogP contribution in [0.15, 0.2) is 24.3 Å². The highest BCUT2D eigenvalue weighted by atomic mass is 19.4. The largest absolute Gasteiger partial charge is 0.497 e. The Morgan fingerprint density at radius 1 is 0.606 bits per heavy atom. The average Bonchev–Trinajstić information content (AvgIpc) is 2.72. The van der Waals surface area contributed by atoms with E-state index in [0.29, 0.717) is 11.3 Å². The quantitative estimate of drug-likeness (QED) is 0.343. The summed E-state index contributed by atoms with van der Waals surface area (Å²) < 4.78 is 178. The van der Waals surface area contributed by atoms with Gasteiger partial charge in [-0.1, -0.05) is 12.1 Å². The predicted octanol–water partition coefficient (Wildman–Crippen LogP) is 7.71. The Hall–Kier alpha value is -1.89. The summed E-state index contributed by atoms with van der Waals surface area (Å²) in [5.41, 5.74) is 0.561. The molecular weight excluding hydrogens is 491 g/mol. The van der Waals surface area contributed by atoms with Crippen molar-refractivity contribution >= 4 is 0 Å². The lowest BCUT2D eigenvalue weighted by Gasteiger charge is -2.43. The first-order valence-corrected chi connectivity index (χ1v) is 9.35. The van der Waals surface area contributed by atoms with Crippen LogP contribution in [0.25, 0.3) is 0 Å². The summed E-state index contributed by atoms with van der Waals surface area (Å²) in [6.45, 7) is 0. The molecule has 2 rings (SSSR count). The van der Waals surface area contributed by atoms with E-state index in [1.54, 1.807) is 0 Å². The topological polar surface area (TPSA) is 9.23 Å². The first-order valence-electron chi connectivity index (χ1n) is 9.35. The van der Waals surface area contributed by atoms with Gasteiger partial charge in [-0.15, -0.1) is 0 Å². The highest BCUT2D eigenvalue weighted by molar-refractivity contribution is 5.29. The lowest BCUT2D eigenvalue weighted by molar-refractivity contribution is -0.443. The number of ether oxygens (including phenoxy) is 1. The van der Waals surface area contributed by atoms with Crippen LogP contribution in [-0.4, -0.2) is 42.9 Å². The molecule has 14 heteroatoms. The van der Waals surface area contributed by atoms with Gasteiger partial charge in [0.25, 0.3) is 0 Å². The molecule has 1 aromatic rings. The molecule has 0 atom stereocenters. The van der Waals surface area contributed by atoms with Gasteiger partial charge in [0, 0.05) is 5.92 Å². The summed E-state index contributed by atoms with van der Waals surface area (Å²) in [5, 5.41) is 0. The standard InChI is InChI=1S/C19H17F13O/c1-33-13-8-4-11(5-9-13)10-2-6-12(7-3-10)14(20,21)15(22,23)16(24,25)17(26,27)18(28,29)19(30,31)32/h4-5,8-10,12H,2-3,6-7H2,1H3. The van der Waals surface area contributed by atoms with E-state index in [1.807, 2.05) is 0 Å². The molecular formula is C19H17F13O. The molecule has 0 unspecified atom stereocenters. The maximum atomic E-state index is 14.3. The number of rotatable bonds is 7. The molecule has 1 aliphatic carbocycles. The van der Waals surface area contributed by atoms with Crippen molar-refractivity contribution in [1.82, 2.24) is 0 Å². The Morgan fingerprint density at radius 3 is 1.42 bits per heavy atom. The first-order chi connectivity index (χ1) is 14.8. The number of hydrogen-bond donors (Lipinski definition) is 0. The van der Waals surface area contributed by atoms with E-state index in [9.17, 15) is 57.1 Å². The smallest absolute Gasteiger partial charge is 0.460 e. The summed E-state index contributed by atoms with van der Waals surface area (Å²) in [6, 6.07) is 6.08. The number of halogens is 13. The second-order valence-corrected chi connectivity index (χ2v) is 7.74. The molecule has 0 aromatic heterocycles. The van der Waals surface area contributed by atoms with Crippen LogP contribution in [0.4, 0.5) is 57.1 Å². The van der Waals surface area contributed by atoms with Crippen molar-refractivity contribution in [1.29, 1.82) is 0 Å². The molecule has 0 spiro atoms. The van der Waals surface area contributed by atoms with Gasteiger partial charge in [0.1, 0.15) is 5.75 Å². The monoisotopic (exact) mass is 508 g/mol. The van der Waals surface area contributed by atoms with Gasteiger partial charge in [0.15, 0.2) is 0 Å². The minimum atomic E-state index is -7.86. The van der Waals surface area contributed by atoms with Crippen LogP contribution >= 0.6 is 0 Å². The van der Waals surface area contributed by atoms with Gasteiger partial charge >= 0.3 is 35.8 Å². The van der Waals surface area contributed by atoms with Crippen LogP contribution in [-0.2, 0) is 0 Å². The Labute approximate surface area is 178 Å². The second-order valence-electron chi connectivity index (χ2n) is 7.74. The summed E-state index contributed by atoms with van der Waals surface area (Å²) in [4.78, 5) is 0. The molecule has 1 fully saturated rings. The zero-order valence-corrected chi connectivity index (χ0v) is 16.6. The Kier molecular flexibility index (Phi) is 6.96. The van der Waals surface area contributed by atoms with Gasteiger partial charge in [-0.2, -0.15) is 57.1 Å². The molecule has 0 amide bonds. The fourth-order valence-electron chi connectivity index (χ4n) is 3.70. The third-order valence-corrected chi connectivity index (χ3v) is 5.78. The maximum Gasteiger partial charge on any atom is 0.460 e. The van der Waals surface area contributed by atoms with E-state index in [2.05, 4.69) is 0 Å². The Bertz CT molecular complexity index is 806. The molecule has 33 heavy (non-hydrogen) atoms. The fraction of sp³-hybridized carbons (Fsp3) is 0.684. The van der Waals surface area contributed by atoms with Crippen molar-refractivity contribution in [2.45, 2.75) is 67.4 Å². The fourth-order valence-corrected chi connectivity index (χ4v) is 3.70. The first kappa shape index (κ1) is 27.4. The molecule has 0 heterocycles. The van der Waals surface area contributed by atoms with Crippen LogP contribution in [0.2, 0.25) is 0 Å². The molecule has 1 nitrogen and oxygen atoms in total. The number of hydrogen-bond acceptors (Lipinski definition) is 1. The second kappa shape index (κ2) is 8.40. The zero-order chi connectivity index (χ0) is 25.7. The van der Waals surface area contributed by atoms with Crippen LogP contribution in [0.1, 0.15) is 37.2 Å². The Morgan fingerprint density at radius 2 is 1.03 bits per heavy atom. The van der Waals surface area contributed by atoms with E-state index in [4.69, 9.17) is 4.74 Å². The van der Waals surface area contributed by atoms with Gasteiger partial charge < -0.3 is 4.74 Å². The Balaban J connectivity index is 2.27. The third kappa shape index (κ3) is 4.22. The van der Waals surface area contributed by atoms with Crippen molar-refractivity contribution in [2.24, 2.45) is 5.92 Å². The number of methoxy groups -OCH3 is 1. The number of alkyl halides is 13.